The molecule has 0 bridgehead atoms. The molecule has 0 radical (unpaired) electrons. The van der Waals surface area contributed by atoms with E-state index in [1.54, 1.807) is 49.6 Å². The Balaban J connectivity index is 1.43. The Morgan fingerprint density at radius 1 is 1.12 bits per heavy atom. The van der Waals surface area contributed by atoms with Crippen LogP contribution in [0.5, 0.6) is 23.0 Å². The van der Waals surface area contributed by atoms with E-state index in [0.717, 1.165) is 0 Å². The van der Waals surface area contributed by atoms with Crippen LogP contribution in [-0.4, -0.2) is 33.0 Å². The fourth-order valence-electron chi connectivity index (χ4n) is 2.19. The number of carbonyl (C=O) groups is 1. The van der Waals surface area contributed by atoms with Crippen molar-refractivity contribution in [2.75, 3.05) is 27.1 Å². The third-order valence-corrected chi connectivity index (χ3v) is 3.45. The molecule has 0 fully saturated rings. The fourth-order valence-corrected chi connectivity index (χ4v) is 2.19. The van der Waals surface area contributed by atoms with Gasteiger partial charge in [-0.3, -0.25) is 4.79 Å². The van der Waals surface area contributed by atoms with Crippen molar-refractivity contribution in [3.8, 4) is 34.8 Å². The molecule has 128 valence electrons. The number of methoxy groups -OCH3 is 1. The lowest BCUT2D eigenvalue weighted by molar-refractivity contribution is 0.0958. The number of hydrogen-bond acceptors (Lipinski definition) is 5. The van der Waals surface area contributed by atoms with Crippen LogP contribution in [0.25, 0.3) is 0 Å². The molecular weight excluding hydrogens is 322 g/mol. The molecule has 1 N–H and O–H groups in total. The summed E-state index contributed by atoms with van der Waals surface area (Å²) >= 11 is 0. The molecule has 0 atom stereocenters. The number of carbonyl (C=O) groups excluding carboxylic acids is 1. The van der Waals surface area contributed by atoms with Crippen molar-refractivity contribution in [2.24, 2.45) is 0 Å². The van der Waals surface area contributed by atoms with E-state index in [1.807, 2.05) is 0 Å². The molecule has 1 heterocycles. The molecular formula is C19H17NO5. The second-order valence-corrected chi connectivity index (χ2v) is 5.07. The van der Waals surface area contributed by atoms with Gasteiger partial charge in [0, 0.05) is 11.6 Å². The van der Waals surface area contributed by atoms with E-state index in [9.17, 15) is 4.79 Å². The summed E-state index contributed by atoms with van der Waals surface area (Å²) in [7, 11) is 1.56. The van der Waals surface area contributed by atoms with Crippen molar-refractivity contribution in [3.05, 3.63) is 48.0 Å². The minimum Gasteiger partial charge on any atom is -0.497 e. The third-order valence-electron chi connectivity index (χ3n) is 3.45. The molecule has 1 amide bonds. The molecule has 2 aromatic rings. The maximum absolute atomic E-state index is 12.0. The molecule has 2 aromatic carbocycles. The van der Waals surface area contributed by atoms with Crippen molar-refractivity contribution in [3.63, 3.8) is 0 Å². The van der Waals surface area contributed by atoms with Crippen molar-refractivity contribution in [2.45, 2.75) is 0 Å². The number of nitrogens with one attached hydrogen (secondary N) is 1. The van der Waals surface area contributed by atoms with Gasteiger partial charge in [0.15, 0.2) is 11.5 Å². The monoisotopic (exact) mass is 339 g/mol. The molecule has 6 nitrogen and oxygen atoms in total. The number of amides is 1. The molecule has 0 saturated carbocycles. The molecule has 25 heavy (non-hydrogen) atoms. The maximum atomic E-state index is 12.0. The van der Waals surface area contributed by atoms with Crippen LogP contribution in [0.3, 0.4) is 0 Å². The van der Waals surface area contributed by atoms with Crippen molar-refractivity contribution < 1.29 is 23.7 Å². The lowest BCUT2D eigenvalue weighted by Gasteiger charge is -2.04. The number of rotatable bonds is 5. The van der Waals surface area contributed by atoms with E-state index in [4.69, 9.17) is 18.9 Å². The highest BCUT2D eigenvalue weighted by Crippen LogP contribution is 2.34. The summed E-state index contributed by atoms with van der Waals surface area (Å²) < 4.78 is 21.1. The van der Waals surface area contributed by atoms with E-state index in [0.29, 0.717) is 28.6 Å². The van der Waals surface area contributed by atoms with Crippen LogP contribution in [0.4, 0.5) is 0 Å². The number of benzene rings is 2. The quantitative estimate of drug-likeness (QED) is 0.847. The van der Waals surface area contributed by atoms with Gasteiger partial charge in [-0.15, -0.1) is 0 Å². The zero-order valence-electron chi connectivity index (χ0n) is 13.7. The summed E-state index contributed by atoms with van der Waals surface area (Å²) in [6.45, 7) is 0.681. The van der Waals surface area contributed by atoms with Gasteiger partial charge in [-0.05, 0) is 30.3 Å². The molecule has 0 spiro atoms. The smallest absolute Gasteiger partial charge is 0.252 e. The van der Waals surface area contributed by atoms with Crippen LogP contribution in [0.1, 0.15) is 10.4 Å². The molecule has 1 aliphatic rings. The van der Waals surface area contributed by atoms with Crippen molar-refractivity contribution in [1.82, 2.24) is 5.32 Å². The first kappa shape index (κ1) is 16.5. The summed E-state index contributed by atoms with van der Waals surface area (Å²) in [5.74, 6) is 8.14. The van der Waals surface area contributed by atoms with E-state index in [2.05, 4.69) is 17.2 Å². The van der Waals surface area contributed by atoms with Crippen LogP contribution in [0.15, 0.2) is 42.5 Å². The normalized spacial score (nSPS) is 11.2. The molecule has 0 saturated heterocycles. The molecule has 0 aromatic heterocycles. The highest BCUT2D eigenvalue weighted by atomic mass is 16.7. The summed E-state index contributed by atoms with van der Waals surface area (Å²) in [5, 5.41) is 2.72. The topological polar surface area (TPSA) is 66.0 Å². The van der Waals surface area contributed by atoms with Crippen LogP contribution in [0.2, 0.25) is 0 Å². The zero-order valence-corrected chi connectivity index (χ0v) is 13.7. The minimum absolute atomic E-state index is 0.204. The van der Waals surface area contributed by atoms with E-state index < -0.39 is 0 Å². The average Bonchev–Trinajstić information content (AvgIpc) is 3.12. The van der Waals surface area contributed by atoms with Crippen LogP contribution >= 0.6 is 0 Å². The van der Waals surface area contributed by atoms with Gasteiger partial charge in [-0.2, -0.15) is 0 Å². The fraction of sp³-hybridized carbons (Fsp3) is 0.211. The van der Waals surface area contributed by atoms with Crippen molar-refractivity contribution in [1.29, 1.82) is 0 Å². The van der Waals surface area contributed by atoms with Gasteiger partial charge in [0.2, 0.25) is 6.79 Å². The van der Waals surface area contributed by atoms with Gasteiger partial charge in [0.25, 0.3) is 5.91 Å². The largest absolute Gasteiger partial charge is 0.497 e. The Labute approximate surface area is 145 Å². The molecule has 0 unspecified atom stereocenters. The first-order valence-corrected chi connectivity index (χ1v) is 7.66. The van der Waals surface area contributed by atoms with Gasteiger partial charge >= 0.3 is 0 Å². The Kier molecular flexibility index (Phi) is 5.27. The van der Waals surface area contributed by atoms with Gasteiger partial charge in [-0.1, -0.05) is 17.9 Å². The molecule has 1 aliphatic heterocycles. The molecule has 0 aliphatic carbocycles. The third kappa shape index (κ3) is 4.36. The standard InChI is InChI=1S/C19H17NO5/c1-22-15-6-4-5-14(11-15)19(21)20-9-2-3-10-23-16-7-8-17-18(12-16)25-13-24-17/h4-8,11-12H,9-10,13H2,1H3,(H,20,21). The first-order chi connectivity index (χ1) is 12.3. The SMILES string of the molecule is COc1cccc(C(=O)NCC#CCOc2ccc3c(c2)OCO3)c1. The van der Waals surface area contributed by atoms with Crippen LogP contribution in [-0.2, 0) is 0 Å². The highest BCUT2D eigenvalue weighted by Gasteiger charge is 2.13. The lowest BCUT2D eigenvalue weighted by Crippen LogP contribution is -2.23. The first-order valence-electron chi connectivity index (χ1n) is 7.66. The zero-order chi connectivity index (χ0) is 17.5. The number of ether oxygens (including phenoxy) is 4. The second-order valence-electron chi connectivity index (χ2n) is 5.07. The minimum atomic E-state index is -0.204. The van der Waals surface area contributed by atoms with Gasteiger partial charge < -0.3 is 24.3 Å². The lowest BCUT2D eigenvalue weighted by atomic mass is 10.2. The second kappa shape index (κ2) is 7.97. The average molecular weight is 339 g/mol. The highest BCUT2D eigenvalue weighted by molar-refractivity contribution is 5.94. The van der Waals surface area contributed by atoms with Crippen molar-refractivity contribution >= 4 is 5.91 Å². The number of hydrogen-bond donors (Lipinski definition) is 1. The summed E-state index contributed by atoms with van der Waals surface area (Å²) in [6.07, 6.45) is 0. The summed E-state index contributed by atoms with van der Waals surface area (Å²) in [4.78, 5) is 12.0. The molecule has 3 rings (SSSR count). The maximum Gasteiger partial charge on any atom is 0.252 e. The van der Waals surface area contributed by atoms with E-state index in [-0.39, 0.29) is 25.9 Å². The molecule has 6 heteroatoms. The van der Waals surface area contributed by atoms with E-state index in [1.165, 1.54) is 0 Å². The van der Waals surface area contributed by atoms with E-state index >= 15 is 0 Å². The van der Waals surface area contributed by atoms with Crippen LogP contribution < -0.4 is 24.3 Å². The van der Waals surface area contributed by atoms with Gasteiger partial charge in [0.1, 0.15) is 18.1 Å². The Morgan fingerprint density at radius 3 is 2.88 bits per heavy atom. The summed E-state index contributed by atoms with van der Waals surface area (Å²) in [6, 6.07) is 12.3. The van der Waals surface area contributed by atoms with Gasteiger partial charge in [0.05, 0.1) is 13.7 Å². The Bertz CT molecular complexity index is 822. The Morgan fingerprint density at radius 2 is 2.00 bits per heavy atom. The predicted molar refractivity (Wildman–Crippen MR) is 91.2 cm³/mol. The van der Waals surface area contributed by atoms with Gasteiger partial charge in [-0.25, -0.2) is 0 Å². The predicted octanol–water partition coefficient (Wildman–Crippen LogP) is 2.24. The number of fused-ring (bicyclic) bond motifs is 1. The van der Waals surface area contributed by atoms with Crippen LogP contribution in [0, 0.1) is 11.8 Å². The Hall–Kier alpha value is -3.33. The summed E-state index contributed by atoms with van der Waals surface area (Å²) in [5.41, 5.74) is 0.526.